The van der Waals surface area contributed by atoms with Crippen molar-refractivity contribution in [3.05, 3.63) is 0 Å². The van der Waals surface area contributed by atoms with Crippen LogP contribution in [0.3, 0.4) is 0 Å². The summed E-state index contributed by atoms with van der Waals surface area (Å²) >= 11 is 0. The Morgan fingerprint density at radius 2 is 1.15 bits per heavy atom. The molecule has 4 heteroatoms. The molecule has 1 unspecified atom stereocenters. The number of carbonyl (C=O) groups excluding carboxylic acids is 2. The van der Waals surface area contributed by atoms with Gasteiger partial charge in [0.15, 0.2) is 0 Å². The highest BCUT2D eigenvalue weighted by molar-refractivity contribution is 5.69. The second-order valence-corrected chi connectivity index (χ2v) is 7.81. The van der Waals surface area contributed by atoms with E-state index in [4.69, 9.17) is 9.47 Å². The van der Waals surface area contributed by atoms with Gasteiger partial charge in [-0.15, -0.1) is 0 Å². The van der Waals surface area contributed by atoms with Gasteiger partial charge in [-0.1, -0.05) is 78.6 Å². The SMILES string of the molecule is CCCCCOC(=O)CCCCCCCC(C)CCC(=O)OCCCCC. The minimum Gasteiger partial charge on any atom is -0.466 e. The second-order valence-electron chi connectivity index (χ2n) is 7.81. The molecule has 0 spiro atoms. The summed E-state index contributed by atoms with van der Waals surface area (Å²) in [5.41, 5.74) is 0. The lowest BCUT2D eigenvalue weighted by atomic mass is 9.97. The highest BCUT2D eigenvalue weighted by Gasteiger charge is 2.08. The molecular formula is C23H44O4. The van der Waals surface area contributed by atoms with Gasteiger partial charge >= 0.3 is 11.9 Å². The van der Waals surface area contributed by atoms with Gasteiger partial charge in [-0.3, -0.25) is 9.59 Å². The molecule has 0 aromatic carbocycles. The maximum atomic E-state index is 11.7. The van der Waals surface area contributed by atoms with Gasteiger partial charge in [0, 0.05) is 12.8 Å². The smallest absolute Gasteiger partial charge is 0.305 e. The third-order valence-corrected chi connectivity index (χ3v) is 4.94. The van der Waals surface area contributed by atoms with Crippen molar-refractivity contribution in [1.29, 1.82) is 0 Å². The zero-order valence-corrected chi connectivity index (χ0v) is 18.2. The molecule has 0 amide bonds. The van der Waals surface area contributed by atoms with E-state index in [-0.39, 0.29) is 11.9 Å². The van der Waals surface area contributed by atoms with Crippen molar-refractivity contribution in [2.75, 3.05) is 13.2 Å². The van der Waals surface area contributed by atoms with Crippen LogP contribution in [-0.4, -0.2) is 25.2 Å². The number of ether oxygens (including phenoxy) is 2. The predicted molar refractivity (Wildman–Crippen MR) is 112 cm³/mol. The third kappa shape index (κ3) is 19.5. The van der Waals surface area contributed by atoms with E-state index in [0.717, 1.165) is 57.8 Å². The Bertz CT molecular complexity index is 354. The van der Waals surface area contributed by atoms with Crippen molar-refractivity contribution in [2.24, 2.45) is 5.92 Å². The van der Waals surface area contributed by atoms with Gasteiger partial charge in [0.2, 0.25) is 0 Å². The zero-order valence-electron chi connectivity index (χ0n) is 18.2. The van der Waals surface area contributed by atoms with E-state index in [1.807, 2.05) is 0 Å². The fourth-order valence-corrected chi connectivity index (χ4v) is 3.02. The topological polar surface area (TPSA) is 52.6 Å². The summed E-state index contributed by atoms with van der Waals surface area (Å²) in [5, 5.41) is 0. The molecule has 0 aliphatic carbocycles. The van der Waals surface area contributed by atoms with Crippen molar-refractivity contribution < 1.29 is 19.1 Å². The Hall–Kier alpha value is -1.06. The van der Waals surface area contributed by atoms with Crippen molar-refractivity contribution in [1.82, 2.24) is 0 Å². The Kier molecular flexibility index (Phi) is 18.9. The molecule has 0 fully saturated rings. The molecule has 0 radical (unpaired) electrons. The second kappa shape index (κ2) is 19.7. The number of esters is 2. The van der Waals surface area contributed by atoms with Gasteiger partial charge in [0.1, 0.15) is 0 Å². The first-order valence-electron chi connectivity index (χ1n) is 11.4. The molecule has 1 atom stereocenters. The van der Waals surface area contributed by atoms with E-state index in [2.05, 4.69) is 20.8 Å². The minimum atomic E-state index is -0.0421. The van der Waals surface area contributed by atoms with Crippen LogP contribution in [-0.2, 0) is 19.1 Å². The van der Waals surface area contributed by atoms with Gasteiger partial charge in [-0.05, 0) is 31.6 Å². The summed E-state index contributed by atoms with van der Waals surface area (Å²) < 4.78 is 10.5. The summed E-state index contributed by atoms with van der Waals surface area (Å²) in [6.07, 6.45) is 15.4. The molecule has 0 aromatic rings. The standard InChI is InChI=1S/C23H44O4/c1-4-6-13-19-26-22(24)16-12-10-8-9-11-15-21(3)17-18-23(25)27-20-14-7-5-2/h21H,4-20H2,1-3H3. The number of hydrogen-bond acceptors (Lipinski definition) is 4. The van der Waals surface area contributed by atoms with Gasteiger partial charge in [-0.2, -0.15) is 0 Å². The molecule has 0 rings (SSSR count). The van der Waals surface area contributed by atoms with Crippen LogP contribution < -0.4 is 0 Å². The van der Waals surface area contributed by atoms with Gasteiger partial charge in [-0.25, -0.2) is 0 Å². The monoisotopic (exact) mass is 384 g/mol. The number of carbonyl (C=O) groups is 2. The highest BCUT2D eigenvalue weighted by atomic mass is 16.5. The molecule has 0 saturated carbocycles. The summed E-state index contributed by atoms with van der Waals surface area (Å²) in [6, 6.07) is 0. The maximum absolute atomic E-state index is 11.7. The molecule has 0 heterocycles. The van der Waals surface area contributed by atoms with Crippen LogP contribution >= 0.6 is 0 Å². The minimum absolute atomic E-state index is 0.0405. The zero-order chi connectivity index (χ0) is 20.2. The van der Waals surface area contributed by atoms with E-state index < -0.39 is 0 Å². The first-order chi connectivity index (χ1) is 13.1. The van der Waals surface area contributed by atoms with Crippen LogP contribution in [0.5, 0.6) is 0 Å². The molecule has 0 aliphatic rings. The summed E-state index contributed by atoms with van der Waals surface area (Å²) in [4.78, 5) is 23.2. The number of hydrogen-bond donors (Lipinski definition) is 0. The van der Waals surface area contributed by atoms with Gasteiger partial charge < -0.3 is 9.47 Å². The first kappa shape index (κ1) is 25.9. The van der Waals surface area contributed by atoms with Crippen LogP contribution in [0.2, 0.25) is 0 Å². The lowest BCUT2D eigenvalue weighted by Crippen LogP contribution is -2.08. The highest BCUT2D eigenvalue weighted by Crippen LogP contribution is 2.16. The lowest BCUT2D eigenvalue weighted by molar-refractivity contribution is -0.145. The van der Waals surface area contributed by atoms with Gasteiger partial charge in [0.25, 0.3) is 0 Å². The van der Waals surface area contributed by atoms with E-state index >= 15 is 0 Å². The first-order valence-corrected chi connectivity index (χ1v) is 11.4. The Balaban J connectivity index is 3.39. The quantitative estimate of drug-likeness (QED) is 0.186. The molecule has 0 bridgehead atoms. The Labute approximate surface area is 167 Å². The fourth-order valence-electron chi connectivity index (χ4n) is 3.02. The van der Waals surface area contributed by atoms with Crippen molar-refractivity contribution >= 4 is 11.9 Å². The third-order valence-electron chi connectivity index (χ3n) is 4.94. The molecule has 4 nitrogen and oxygen atoms in total. The van der Waals surface area contributed by atoms with Crippen LogP contribution in [0.4, 0.5) is 0 Å². The van der Waals surface area contributed by atoms with Crippen molar-refractivity contribution in [2.45, 2.75) is 117 Å². The van der Waals surface area contributed by atoms with Crippen LogP contribution in [0.15, 0.2) is 0 Å². The van der Waals surface area contributed by atoms with Crippen LogP contribution in [0.1, 0.15) is 117 Å². The lowest BCUT2D eigenvalue weighted by Gasteiger charge is -2.11. The molecule has 0 N–H and O–H groups in total. The fraction of sp³-hybridized carbons (Fsp3) is 0.913. The van der Waals surface area contributed by atoms with Crippen LogP contribution in [0, 0.1) is 5.92 Å². The Morgan fingerprint density at radius 3 is 1.74 bits per heavy atom. The van der Waals surface area contributed by atoms with E-state index in [9.17, 15) is 9.59 Å². The van der Waals surface area contributed by atoms with E-state index in [1.54, 1.807) is 0 Å². The van der Waals surface area contributed by atoms with E-state index in [0.29, 0.717) is 32.0 Å². The molecule has 160 valence electrons. The predicted octanol–water partition coefficient (Wildman–Crippen LogP) is 6.60. The number of unbranched alkanes of at least 4 members (excludes halogenated alkanes) is 8. The largest absolute Gasteiger partial charge is 0.466 e. The number of rotatable bonds is 19. The summed E-state index contributed by atoms with van der Waals surface area (Å²) in [6.45, 7) is 7.67. The molecule has 27 heavy (non-hydrogen) atoms. The molecule has 0 aromatic heterocycles. The molecular weight excluding hydrogens is 340 g/mol. The summed E-state index contributed by atoms with van der Waals surface area (Å²) in [7, 11) is 0. The maximum Gasteiger partial charge on any atom is 0.305 e. The molecule has 0 saturated heterocycles. The summed E-state index contributed by atoms with van der Waals surface area (Å²) in [5.74, 6) is 0.493. The van der Waals surface area contributed by atoms with Crippen molar-refractivity contribution in [3.8, 4) is 0 Å². The molecule has 0 aliphatic heterocycles. The average Bonchev–Trinajstić information content (AvgIpc) is 2.66. The van der Waals surface area contributed by atoms with Gasteiger partial charge in [0.05, 0.1) is 13.2 Å². The van der Waals surface area contributed by atoms with E-state index in [1.165, 1.54) is 25.7 Å². The normalized spacial score (nSPS) is 12.0. The van der Waals surface area contributed by atoms with Crippen LogP contribution in [0.25, 0.3) is 0 Å². The Morgan fingerprint density at radius 1 is 0.630 bits per heavy atom. The average molecular weight is 385 g/mol. The van der Waals surface area contributed by atoms with Crippen molar-refractivity contribution in [3.63, 3.8) is 0 Å².